The summed E-state index contributed by atoms with van der Waals surface area (Å²) in [7, 11) is 1.62. The number of hydrogen-bond acceptors (Lipinski definition) is 6. The number of aromatic nitrogens is 3. The van der Waals surface area contributed by atoms with Gasteiger partial charge < -0.3 is 14.5 Å². The first kappa shape index (κ1) is 13.6. The van der Waals surface area contributed by atoms with Crippen LogP contribution < -0.4 is 14.5 Å². The summed E-state index contributed by atoms with van der Waals surface area (Å²) in [6.07, 6.45) is 5.26. The van der Waals surface area contributed by atoms with E-state index in [0.717, 1.165) is 37.9 Å². The van der Waals surface area contributed by atoms with Crippen molar-refractivity contribution in [3.05, 3.63) is 36.3 Å². The molecule has 0 N–H and O–H groups in total. The van der Waals surface area contributed by atoms with E-state index in [1.807, 2.05) is 12.3 Å². The van der Waals surface area contributed by atoms with Crippen LogP contribution in [0, 0.1) is 6.92 Å². The van der Waals surface area contributed by atoms with Crippen LogP contribution in [0.1, 0.15) is 5.56 Å². The van der Waals surface area contributed by atoms with Crippen molar-refractivity contribution < 1.29 is 4.74 Å². The number of piperazine rings is 1. The first-order valence-corrected chi connectivity index (χ1v) is 7.05. The summed E-state index contributed by atoms with van der Waals surface area (Å²) >= 11 is 0. The third-order valence-corrected chi connectivity index (χ3v) is 3.69. The molecule has 6 nitrogen and oxygen atoms in total. The SMILES string of the molecule is COc1cnc(N2CCN(c3ncccc3C)CC2)nc1. The second-order valence-corrected chi connectivity index (χ2v) is 5.04. The highest BCUT2D eigenvalue weighted by molar-refractivity contribution is 5.48. The van der Waals surface area contributed by atoms with Crippen molar-refractivity contribution in [2.75, 3.05) is 43.1 Å². The van der Waals surface area contributed by atoms with Crippen molar-refractivity contribution in [3.63, 3.8) is 0 Å². The Kier molecular flexibility index (Phi) is 3.85. The van der Waals surface area contributed by atoms with E-state index >= 15 is 0 Å². The number of rotatable bonds is 3. The quantitative estimate of drug-likeness (QED) is 0.852. The van der Waals surface area contributed by atoms with Gasteiger partial charge in [-0.2, -0.15) is 0 Å². The van der Waals surface area contributed by atoms with Crippen LogP contribution in [-0.2, 0) is 0 Å². The highest BCUT2D eigenvalue weighted by Gasteiger charge is 2.20. The fourth-order valence-corrected chi connectivity index (χ4v) is 2.50. The zero-order valence-corrected chi connectivity index (χ0v) is 12.4. The molecule has 1 aliphatic rings. The summed E-state index contributed by atoms with van der Waals surface area (Å²) in [6.45, 7) is 5.73. The van der Waals surface area contributed by atoms with E-state index in [1.54, 1.807) is 19.5 Å². The fraction of sp³-hybridized carbons (Fsp3) is 0.400. The Morgan fingerprint density at radius 2 is 1.67 bits per heavy atom. The molecular weight excluding hydrogens is 266 g/mol. The lowest BCUT2D eigenvalue weighted by molar-refractivity contribution is 0.410. The molecule has 2 aromatic rings. The average Bonchev–Trinajstić information content (AvgIpc) is 2.56. The predicted octanol–water partition coefficient (Wildman–Crippen LogP) is 1.52. The molecule has 0 aliphatic carbocycles. The predicted molar refractivity (Wildman–Crippen MR) is 82.0 cm³/mol. The van der Waals surface area contributed by atoms with E-state index in [-0.39, 0.29) is 0 Å². The monoisotopic (exact) mass is 285 g/mol. The van der Waals surface area contributed by atoms with E-state index in [2.05, 4.69) is 37.7 Å². The van der Waals surface area contributed by atoms with Gasteiger partial charge in [0.1, 0.15) is 5.82 Å². The van der Waals surface area contributed by atoms with Gasteiger partial charge in [-0.3, -0.25) is 0 Å². The minimum atomic E-state index is 0.682. The Morgan fingerprint density at radius 1 is 1.00 bits per heavy atom. The van der Waals surface area contributed by atoms with E-state index in [1.165, 1.54) is 5.56 Å². The van der Waals surface area contributed by atoms with Gasteiger partial charge in [-0.15, -0.1) is 0 Å². The van der Waals surface area contributed by atoms with Crippen molar-refractivity contribution in [1.29, 1.82) is 0 Å². The summed E-state index contributed by atoms with van der Waals surface area (Å²) in [5.41, 5.74) is 1.21. The molecule has 1 fully saturated rings. The van der Waals surface area contributed by atoms with Crippen LogP contribution in [0.25, 0.3) is 0 Å². The van der Waals surface area contributed by atoms with Crippen LogP contribution in [0.5, 0.6) is 5.75 Å². The fourth-order valence-electron chi connectivity index (χ4n) is 2.50. The molecule has 0 spiro atoms. The van der Waals surface area contributed by atoms with Crippen LogP contribution >= 0.6 is 0 Å². The molecule has 0 bridgehead atoms. The minimum Gasteiger partial charge on any atom is -0.494 e. The van der Waals surface area contributed by atoms with Gasteiger partial charge in [-0.05, 0) is 18.6 Å². The standard InChI is InChI=1S/C15H19N5O/c1-12-4-3-5-16-14(12)19-6-8-20(9-7-19)15-17-10-13(21-2)11-18-15/h3-5,10-11H,6-9H2,1-2H3. The Bertz CT molecular complexity index is 593. The lowest BCUT2D eigenvalue weighted by atomic mass is 10.2. The molecule has 0 unspecified atom stereocenters. The highest BCUT2D eigenvalue weighted by Crippen LogP contribution is 2.19. The van der Waals surface area contributed by atoms with Crippen molar-refractivity contribution in [3.8, 4) is 5.75 Å². The molecule has 0 aromatic carbocycles. The van der Waals surface area contributed by atoms with Gasteiger partial charge in [0.15, 0.2) is 5.75 Å². The van der Waals surface area contributed by atoms with Crippen LogP contribution in [0.4, 0.5) is 11.8 Å². The Labute approximate surface area is 124 Å². The van der Waals surface area contributed by atoms with Crippen molar-refractivity contribution in [2.45, 2.75) is 6.92 Å². The van der Waals surface area contributed by atoms with Crippen LogP contribution in [-0.4, -0.2) is 48.2 Å². The molecule has 0 radical (unpaired) electrons. The van der Waals surface area contributed by atoms with Crippen LogP contribution in [0.3, 0.4) is 0 Å². The third-order valence-electron chi connectivity index (χ3n) is 3.69. The molecule has 1 saturated heterocycles. The number of pyridine rings is 1. The lowest BCUT2D eigenvalue weighted by Crippen LogP contribution is -2.47. The number of methoxy groups -OCH3 is 1. The molecule has 110 valence electrons. The Morgan fingerprint density at radius 3 is 2.29 bits per heavy atom. The summed E-state index contributed by atoms with van der Waals surface area (Å²) in [6, 6.07) is 4.07. The summed E-state index contributed by atoms with van der Waals surface area (Å²) in [5, 5.41) is 0. The average molecular weight is 285 g/mol. The third kappa shape index (κ3) is 2.89. The van der Waals surface area contributed by atoms with Gasteiger partial charge in [0, 0.05) is 32.4 Å². The number of aryl methyl sites for hydroxylation is 1. The van der Waals surface area contributed by atoms with Crippen molar-refractivity contribution in [1.82, 2.24) is 15.0 Å². The normalized spacial score (nSPS) is 15.1. The maximum atomic E-state index is 5.08. The topological polar surface area (TPSA) is 54.4 Å². The van der Waals surface area contributed by atoms with Crippen molar-refractivity contribution >= 4 is 11.8 Å². The van der Waals surface area contributed by atoms with Gasteiger partial charge >= 0.3 is 0 Å². The Balaban J connectivity index is 1.66. The number of nitrogens with zero attached hydrogens (tertiary/aromatic N) is 5. The zero-order chi connectivity index (χ0) is 14.7. The lowest BCUT2D eigenvalue weighted by Gasteiger charge is -2.35. The van der Waals surface area contributed by atoms with Crippen molar-refractivity contribution in [2.24, 2.45) is 0 Å². The highest BCUT2D eigenvalue weighted by atomic mass is 16.5. The second kappa shape index (κ2) is 5.95. The van der Waals surface area contributed by atoms with E-state index in [4.69, 9.17) is 4.74 Å². The van der Waals surface area contributed by atoms with Gasteiger partial charge in [-0.1, -0.05) is 6.07 Å². The molecule has 21 heavy (non-hydrogen) atoms. The number of ether oxygens (including phenoxy) is 1. The maximum absolute atomic E-state index is 5.08. The largest absolute Gasteiger partial charge is 0.494 e. The second-order valence-electron chi connectivity index (χ2n) is 5.04. The molecule has 1 aliphatic heterocycles. The molecule has 2 aromatic heterocycles. The van der Waals surface area contributed by atoms with E-state index < -0.39 is 0 Å². The van der Waals surface area contributed by atoms with Crippen LogP contribution in [0.15, 0.2) is 30.7 Å². The van der Waals surface area contributed by atoms with Crippen LogP contribution in [0.2, 0.25) is 0 Å². The first-order chi connectivity index (χ1) is 10.3. The first-order valence-electron chi connectivity index (χ1n) is 7.05. The summed E-state index contributed by atoms with van der Waals surface area (Å²) in [5.74, 6) is 2.52. The smallest absolute Gasteiger partial charge is 0.225 e. The summed E-state index contributed by atoms with van der Waals surface area (Å²) in [4.78, 5) is 17.7. The molecule has 0 atom stereocenters. The maximum Gasteiger partial charge on any atom is 0.225 e. The molecular formula is C15H19N5O. The summed E-state index contributed by atoms with van der Waals surface area (Å²) < 4.78 is 5.08. The zero-order valence-electron chi connectivity index (χ0n) is 12.4. The molecule has 0 amide bonds. The number of anilines is 2. The molecule has 3 rings (SSSR count). The van der Waals surface area contributed by atoms with Gasteiger partial charge in [0.05, 0.1) is 19.5 Å². The molecule has 0 saturated carbocycles. The molecule has 3 heterocycles. The van der Waals surface area contributed by atoms with Gasteiger partial charge in [0.2, 0.25) is 5.95 Å². The van der Waals surface area contributed by atoms with Gasteiger partial charge in [-0.25, -0.2) is 15.0 Å². The van der Waals surface area contributed by atoms with E-state index in [0.29, 0.717) is 5.75 Å². The van der Waals surface area contributed by atoms with Gasteiger partial charge in [0.25, 0.3) is 0 Å². The van der Waals surface area contributed by atoms with E-state index in [9.17, 15) is 0 Å². The molecule has 6 heteroatoms. The number of hydrogen-bond donors (Lipinski definition) is 0. The Hall–Kier alpha value is -2.37. The minimum absolute atomic E-state index is 0.682.